The van der Waals surface area contributed by atoms with Crippen molar-refractivity contribution in [3.8, 4) is 0 Å². The van der Waals surface area contributed by atoms with Crippen molar-refractivity contribution in [2.24, 2.45) is 0 Å². The van der Waals surface area contributed by atoms with Gasteiger partial charge in [0.1, 0.15) is 18.8 Å². The molecule has 0 radical (unpaired) electrons. The summed E-state index contributed by atoms with van der Waals surface area (Å²) in [4.78, 5) is 12.9. The van der Waals surface area contributed by atoms with Gasteiger partial charge >= 0.3 is 5.97 Å². The van der Waals surface area contributed by atoms with E-state index in [0.29, 0.717) is 18.8 Å². The third kappa shape index (κ3) is 3.91. The van der Waals surface area contributed by atoms with Crippen LogP contribution in [0.25, 0.3) is 10.9 Å². The van der Waals surface area contributed by atoms with Gasteiger partial charge in [-0.3, -0.25) is 0 Å². The second-order valence-electron chi connectivity index (χ2n) is 7.79. The lowest BCUT2D eigenvalue weighted by molar-refractivity contribution is -0.897. The van der Waals surface area contributed by atoms with Crippen LogP contribution in [0.4, 0.5) is 0 Å². The highest BCUT2D eigenvalue weighted by Gasteiger charge is 2.27. The lowest BCUT2D eigenvalue weighted by Crippen LogP contribution is -2.43. The lowest BCUT2D eigenvalue weighted by Gasteiger charge is -2.28. The van der Waals surface area contributed by atoms with Crippen LogP contribution in [0.2, 0.25) is 0 Å². The number of carbonyl (C=O) groups is 1. The van der Waals surface area contributed by atoms with Crippen molar-refractivity contribution < 1.29 is 14.0 Å². The van der Waals surface area contributed by atoms with E-state index in [4.69, 9.17) is 4.74 Å². The molecule has 4 nitrogen and oxygen atoms in total. The van der Waals surface area contributed by atoms with Crippen LogP contribution in [-0.2, 0) is 11.3 Å². The average Bonchev–Trinajstić information content (AvgIpc) is 3.27. The molecule has 0 amide bonds. The van der Waals surface area contributed by atoms with Crippen molar-refractivity contribution in [3.63, 3.8) is 0 Å². The number of esters is 1. The molecule has 2 heterocycles. The smallest absolute Gasteiger partial charge is 0.355 e. The molecule has 1 aliphatic heterocycles. The van der Waals surface area contributed by atoms with E-state index < -0.39 is 0 Å². The number of likely N-dealkylation sites (tertiary alicyclic amines) is 1. The predicted octanol–water partition coefficient (Wildman–Crippen LogP) is 4.09. The minimum atomic E-state index is -0.229. The van der Waals surface area contributed by atoms with E-state index in [1.54, 1.807) is 0 Å². The zero-order valence-corrected chi connectivity index (χ0v) is 15.9. The molecule has 4 rings (SSSR count). The van der Waals surface area contributed by atoms with Crippen LogP contribution < -0.4 is 0 Å². The Hall–Kier alpha value is -2.59. The number of benzene rings is 2. The van der Waals surface area contributed by atoms with Gasteiger partial charge in [0.25, 0.3) is 0 Å². The van der Waals surface area contributed by atoms with Crippen LogP contribution in [0.1, 0.15) is 28.9 Å². The SMILES string of the molecule is C[N+]1(CCOC(=O)c2cc3ccccc3n2Cc2ccccc2)CCCC1. The summed E-state index contributed by atoms with van der Waals surface area (Å²) in [6.45, 7) is 4.40. The molecule has 0 aliphatic carbocycles. The number of ether oxygens (including phenoxy) is 1. The Morgan fingerprint density at radius 1 is 1.04 bits per heavy atom. The molecule has 27 heavy (non-hydrogen) atoms. The number of aromatic nitrogens is 1. The Kier molecular flexibility index (Phi) is 4.99. The normalized spacial score (nSPS) is 15.9. The van der Waals surface area contributed by atoms with Crippen LogP contribution in [0.3, 0.4) is 0 Å². The van der Waals surface area contributed by atoms with Gasteiger partial charge < -0.3 is 13.8 Å². The van der Waals surface area contributed by atoms with E-state index in [2.05, 4.69) is 29.8 Å². The fourth-order valence-electron chi connectivity index (χ4n) is 4.07. The van der Waals surface area contributed by atoms with Gasteiger partial charge in [0, 0.05) is 30.3 Å². The number of carbonyl (C=O) groups excluding carboxylic acids is 1. The number of quaternary nitrogens is 1. The number of hydrogen-bond donors (Lipinski definition) is 0. The summed E-state index contributed by atoms with van der Waals surface area (Å²) >= 11 is 0. The third-order valence-corrected chi connectivity index (χ3v) is 5.71. The van der Waals surface area contributed by atoms with E-state index in [1.165, 1.54) is 31.5 Å². The highest BCUT2D eigenvalue weighted by molar-refractivity contribution is 5.95. The molecule has 1 fully saturated rings. The van der Waals surface area contributed by atoms with Crippen LogP contribution in [0, 0.1) is 0 Å². The van der Waals surface area contributed by atoms with Gasteiger partial charge in [0.05, 0.1) is 20.1 Å². The fourth-order valence-corrected chi connectivity index (χ4v) is 4.07. The molecule has 1 saturated heterocycles. The number of rotatable bonds is 6. The van der Waals surface area contributed by atoms with Gasteiger partial charge in [0.15, 0.2) is 0 Å². The van der Waals surface area contributed by atoms with Gasteiger partial charge in [-0.05, 0) is 17.7 Å². The van der Waals surface area contributed by atoms with Gasteiger partial charge in [-0.25, -0.2) is 4.79 Å². The van der Waals surface area contributed by atoms with Gasteiger partial charge in [0.2, 0.25) is 0 Å². The molecule has 0 N–H and O–H groups in total. The van der Waals surface area contributed by atoms with Crippen molar-refractivity contribution >= 4 is 16.9 Å². The van der Waals surface area contributed by atoms with Crippen molar-refractivity contribution in [3.05, 3.63) is 71.9 Å². The monoisotopic (exact) mass is 363 g/mol. The maximum atomic E-state index is 12.9. The molecule has 0 spiro atoms. The molecule has 0 bridgehead atoms. The van der Waals surface area contributed by atoms with Crippen molar-refractivity contribution in [2.45, 2.75) is 19.4 Å². The van der Waals surface area contributed by atoms with Crippen LogP contribution in [-0.4, -0.2) is 48.3 Å². The van der Waals surface area contributed by atoms with E-state index >= 15 is 0 Å². The highest BCUT2D eigenvalue weighted by atomic mass is 16.5. The average molecular weight is 363 g/mol. The molecule has 3 aromatic rings. The summed E-state index contributed by atoms with van der Waals surface area (Å²) in [5, 5.41) is 1.07. The van der Waals surface area contributed by atoms with Crippen molar-refractivity contribution in [2.75, 3.05) is 33.3 Å². The first-order chi connectivity index (χ1) is 13.1. The molecule has 140 valence electrons. The predicted molar refractivity (Wildman–Crippen MR) is 108 cm³/mol. The van der Waals surface area contributed by atoms with Crippen LogP contribution in [0.15, 0.2) is 60.7 Å². The summed E-state index contributed by atoms with van der Waals surface area (Å²) in [7, 11) is 2.26. The molecular weight excluding hydrogens is 336 g/mol. The maximum absolute atomic E-state index is 12.9. The Morgan fingerprint density at radius 2 is 1.74 bits per heavy atom. The second kappa shape index (κ2) is 7.57. The van der Waals surface area contributed by atoms with E-state index in [-0.39, 0.29) is 5.97 Å². The van der Waals surface area contributed by atoms with E-state index in [9.17, 15) is 4.79 Å². The largest absolute Gasteiger partial charge is 0.455 e. The van der Waals surface area contributed by atoms with Crippen molar-refractivity contribution in [1.82, 2.24) is 4.57 Å². The fraction of sp³-hybridized carbons (Fsp3) is 0.348. The Bertz CT molecular complexity index is 924. The molecule has 0 unspecified atom stereocenters. The third-order valence-electron chi connectivity index (χ3n) is 5.71. The van der Waals surface area contributed by atoms with Gasteiger partial charge in [-0.15, -0.1) is 0 Å². The van der Waals surface area contributed by atoms with Gasteiger partial charge in [-0.2, -0.15) is 0 Å². The summed E-state index contributed by atoms with van der Waals surface area (Å²) in [6.07, 6.45) is 2.55. The molecule has 2 aromatic carbocycles. The molecule has 1 aromatic heterocycles. The number of fused-ring (bicyclic) bond motifs is 1. The molecule has 4 heteroatoms. The highest BCUT2D eigenvalue weighted by Crippen LogP contribution is 2.22. The van der Waals surface area contributed by atoms with Crippen LogP contribution in [0.5, 0.6) is 0 Å². The number of likely N-dealkylation sites (N-methyl/N-ethyl adjacent to an activating group) is 1. The maximum Gasteiger partial charge on any atom is 0.355 e. The summed E-state index contributed by atoms with van der Waals surface area (Å²) in [5.41, 5.74) is 2.86. The minimum absolute atomic E-state index is 0.229. The van der Waals surface area contributed by atoms with E-state index in [0.717, 1.165) is 21.9 Å². The Labute approximate surface area is 160 Å². The van der Waals surface area contributed by atoms with E-state index in [1.807, 2.05) is 42.5 Å². The summed E-state index contributed by atoms with van der Waals surface area (Å²) in [5.74, 6) is -0.229. The zero-order valence-electron chi connectivity index (χ0n) is 15.9. The number of hydrogen-bond acceptors (Lipinski definition) is 2. The zero-order chi connectivity index (χ0) is 18.7. The molecular formula is C23H27N2O2+. The summed E-state index contributed by atoms with van der Waals surface area (Å²) in [6, 6.07) is 20.3. The molecule has 1 aliphatic rings. The quantitative estimate of drug-likeness (QED) is 0.488. The van der Waals surface area contributed by atoms with Crippen LogP contribution >= 0.6 is 0 Å². The Balaban J connectivity index is 1.54. The number of para-hydroxylation sites is 1. The first-order valence-electron chi connectivity index (χ1n) is 9.78. The minimum Gasteiger partial charge on any atom is -0.455 e. The lowest BCUT2D eigenvalue weighted by atomic mass is 10.2. The summed E-state index contributed by atoms with van der Waals surface area (Å²) < 4.78 is 8.77. The Morgan fingerprint density at radius 3 is 2.52 bits per heavy atom. The first-order valence-corrected chi connectivity index (χ1v) is 9.78. The topological polar surface area (TPSA) is 31.2 Å². The number of nitrogens with zero attached hydrogens (tertiary/aromatic N) is 2. The molecule has 0 atom stereocenters. The van der Waals surface area contributed by atoms with Gasteiger partial charge in [-0.1, -0.05) is 48.5 Å². The van der Waals surface area contributed by atoms with Crippen molar-refractivity contribution in [1.29, 1.82) is 0 Å². The molecule has 0 saturated carbocycles. The second-order valence-corrected chi connectivity index (χ2v) is 7.79. The first kappa shape index (κ1) is 17.8. The standard InChI is InChI=1S/C23H27N2O2/c1-25(13-7-8-14-25)15-16-27-23(26)22-17-20-11-5-6-12-21(20)24(22)18-19-9-3-2-4-10-19/h2-6,9-12,17H,7-8,13-16,18H2,1H3/q+1.